The Hall–Kier alpha value is -2.76. The first kappa shape index (κ1) is 11.3. The first-order valence-electron chi connectivity index (χ1n) is 5.62. The van der Waals surface area contributed by atoms with Gasteiger partial charge in [-0.15, -0.1) is 0 Å². The summed E-state index contributed by atoms with van der Waals surface area (Å²) in [5.41, 5.74) is 2.60. The minimum Gasteiger partial charge on any atom is -0.465 e. The van der Waals surface area contributed by atoms with Crippen LogP contribution in [0.5, 0.6) is 0 Å². The molecule has 0 radical (unpaired) electrons. The van der Waals surface area contributed by atoms with Crippen molar-refractivity contribution in [1.29, 1.82) is 0 Å². The van der Waals surface area contributed by atoms with E-state index in [1.165, 1.54) is 13.3 Å². The molecule has 3 rings (SSSR count). The predicted octanol–water partition coefficient (Wildman–Crippen LogP) is 1.58. The maximum Gasteiger partial charge on any atom is 0.343 e. The van der Waals surface area contributed by atoms with Gasteiger partial charge in [-0.2, -0.15) is 5.10 Å². The molecule has 3 aromatic rings. The largest absolute Gasteiger partial charge is 0.465 e. The predicted molar refractivity (Wildman–Crippen MR) is 67.6 cm³/mol. The molecule has 0 spiro atoms. The molecule has 0 unspecified atom stereocenters. The third-order valence-electron chi connectivity index (χ3n) is 2.78. The number of methoxy groups -OCH3 is 1. The van der Waals surface area contributed by atoms with E-state index in [0.717, 1.165) is 11.3 Å². The maximum atomic E-state index is 11.6. The van der Waals surface area contributed by atoms with E-state index in [-0.39, 0.29) is 0 Å². The van der Waals surface area contributed by atoms with Crippen LogP contribution in [0.2, 0.25) is 0 Å². The molecule has 0 fully saturated rings. The Morgan fingerprint density at radius 2 is 2.00 bits per heavy atom. The van der Waals surface area contributed by atoms with Crippen LogP contribution in [-0.4, -0.2) is 32.7 Å². The van der Waals surface area contributed by atoms with Gasteiger partial charge in [0.05, 0.1) is 19.0 Å². The van der Waals surface area contributed by atoms with Gasteiger partial charge in [-0.3, -0.25) is 4.98 Å². The Balaban J connectivity index is 2.23. The van der Waals surface area contributed by atoms with Crippen molar-refractivity contribution < 1.29 is 9.53 Å². The lowest BCUT2D eigenvalue weighted by atomic mass is 10.2. The second-order valence-corrected chi connectivity index (χ2v) is 3.85. The number of ether oxygens (including phenoxy) is 1. The van der Waals surface area contributed by atoms with Crippen LogP contribution in [0.3, 0.4) is 0 Å². The van der Waals surface area contributed by atoms with Crippen LogP contribution in [-0.2, 0) is 4.74 Å². The van der Waals surface area contributed by atoms with Gasteiger partial charge in [0.1, 0.15) is 5.56 Å². The lowest BCUT2D eigenvalue weighted by Gasteiger charge is -2.04. The number of rotatable bonds is 2. The SMILES string of the molecule is COC(=O)c1cnn2c(-c3ccncc3)ccnc12. The summed E-state index contributed by atoms with van der Waals surface area (Å²) in [6, 6.07) is 5.57. The second kappa shape index (κ2) is 4.49. The van der Waals surface area contributed by atoms with Gasteiger partial charge >= 0.3 is 5.97 Å². The number of nitrogens with zero attached hydrogens (tertiary/aromatic N) is 4. The number of carbonyl (C=O) groups is 1. The third-order valence-corrected chi connectivity index (χ3v) is 2.78. The molecule has 0 aliphatic heterocycles. The molecule has 0 aromatic carbocycles. The van der Waals surface area contributed by atoms with Crippen LogP contribution in [0, 0.1) is 0 Å². The van der Waals surface area contributed by atoms with E-state index in [1.54, 1.807) is 23.1 Å². The first-order chi connectivity index (χ1) is 9.31. The van der Waals surface area contributed by atoms with Crippen LogP contribution in [0.15, 0.2) is 43.0 Å². The van der Waals surface area contributed by atoms with E-state index in [1.807, 2.05) is 18.2 Å². The van der Waals surface area contributed by atoms with Crippen molar-refractivity contribution in [3.63, 3.8) is 0 Å². The summed E-state index contributed by atoms with van der Waals surface area (Å²) < 4.78 is 6.32. The monoisotopic (exact) mass is 254 g/mol. The lowest BCUT2D eigenvalue weighted by Crippen LogP contribution is -2.02. The second-order valence-electron chi connectivity index (χ2n) is 3.85. The van der Waals surface area contributed by atoms with Crippen LogP contribution in [0.1, 0.15) is 10.4 Å². The smallest absolute Gasteiger partial charge is 0.343 e. The molecular weight excluding hydrogens is 244 g/mol. The molecule has 0 aliphatic carbocycles. The number of pyridine rings is 1. The van der Waals surface area contributed by atoms with Gasteiger partial charge < -0.3 is 4.74 Å². The number of aromatic nitrogens is 4. The summed E-state index contributed by atoms with van der Waals surface area (Å²) in [7, 11) is 1.33. The fourth-order valence-corrected chi connectivity index (χ4v) is 1.89. The molecular formula is C13H10N4O2. The van der Waals surface area contributed by atoms with Gasteiger partial charge in [-0.1, -0.05) is 0 Å². The lowest BCUT2D eigenvalue weighted by molar-refractivity contribution is 0.0602. The fraction of sp³-hybridized carbons (Fsp3) is 0.0769. The molecule has 0 saturated carbocycles. The van der Waals surface area contributed by atoms with Crippen molar-refractivity contribution in [2.45, 2.75) is 0 Å². The molecule has 3 heterocycles. The van der Waals surface area contributed by atoms with Crippen molar-refractivity contribution in [2.75, 3.05) is 7.11 Å². The van der Waals surface area contributed by atoms with Crippen molar-refractivity contribution in [2.24, 2.45) is 0 Å². The van der Waals surface area contributed by atoms with E-state index in [4.69, 9.17) is 4.74 Å². The summed E-state index contributed by atoms with van der Waals surface area (Å²) >= 11 is 0. The molecule has 19 heavy (non-hydrogen) atoms. The molecule has 0 saturated heterocycles. The molecule has 6 heteroatoms. The zero-order valence-corrected chi connectivity index (χ0v) is 10.1. The Kier molecular flexibility index (Phi) is 2.68. The number of fused-ring (bicyclic) bond motifs is 1. The zero-order valence-electron chi connectivity index (χ0n) is 10.1. The zero-order chi connectivity index (χ0) is 13.2. The standard InChI is InChI=1S/C13H10N4O2/c1-19-13(18)10-8-16-17-11(4-7-15-12(10)17)9-2-5-14-6-3-9/h2-8H,1H3. The summed E-state index contributed by atoms with van der Waals surface area (Å²) in [5, 5.41) is 4.20. The number of esters is 1. The highest BCUT2D eigenvalue weighted by Crippen LogP contribution is 2.20. The highest BCUT2D eigenvalue weighted by Gasteiger charge is 2.16. The quantitative estimate of drug-likeness (QED) is 0.649. The highest BCUT2D eigenvalue weighted by atomic mass is 16.5. The molecule has 0 N–H and O–H groups in total. The van der Waals surface area contributed by atoms with E-state index >= 15 is 0 Å². The minimum atomic E-state index is -0.450. The van der Waals surface area contributed by atoms with Gasteiger partial charge in [-0.25, -0.2) is 14.3 Å². The average Bonchev–Trinajstić information content (AvgIpc) is 2.91. The summed E-state index contributed by atoms with van der Waals surface area (Å²) in [6.45, 7) is 0. The molecule has 6 nitrogen and oxygen atoms in total. The van der Waals surface area contributed by atoms with E-state index in [0.29, 0.717) is 11.2 Å². The van der Waals surface area contributed by atoms with Crippen LogP contribution in [0.25, 0.3) is 16.9 Å². The Morgan fingerprint density at radius 1 is 1.21 bits per heavy atom. The minimum absolute atomic E-state index is 0.346. The molecule has 3 aromatic heterocycles. The number of hydrogen-bond donors (Lipinski definition) is 0. The molecule has 0 aliphatic rings. The molecule has 0 bridgehead atoms. The Labute approximate surface area is 108 Å². The van der Waals surface area contributed by atoms with Gasteiger partial charge in [0.25, 0.3) is 0 Å². The van der Waals surface area contributed by atoms with E-state index < -0.39 is 5.97 Å². The number of carbonyl (C=O) groups excluding carboxylic acids is 1. The van der Waals surface area contributed by atoms with Crippen LogP contribution < -0.4 is 0 Å². The van der Waals surface area contributed by atoms with Crippen molar-refractivity contribution in [3.8, 4) is 11.3 Å². The molecule has 0 atom stereocenters. The average molecular weight is 254 g/mol. The topological polar surface area (TPSA) is 69.4 Å². The van der Waals surface area contributed by atoms with Crippen molar-refractivity contribution in [1.82, 2.24) is 19.6 Å². The normalized spacial score (nSPS) is 10.6. The summed E-state index contributed by atoms with van der Waals surface area (Å²) in [4.78, 5) is 19.8. The van der Waals surface area contributed by atoms with Crippen LogP contribution in [0.4, 0.5) is 0 Å². The Morgan fingerprint density at radius 3 is 2.74 bits per heavy atom. The first-order valence-corrected chi connectivity index (χ1v) is 5.62. The van der Waals surface area contributed by atoms with E-state index in [2.05, 4.69) is 15.1 Å². The summed E-state index contributed by atoms with van der Waals surface area (Å²) in [5.74, 6) is -0.450. The Bertz CT molecular complexity index is 737. The third kappa shape index (κ3) is 1.83. The highest BCUT2D eigenvalue weighted by molar-refractivity contribution is 5.95. The van der Waals surface area contributed by atoms with Gasteiger partial charge in [0.15, 0.2) is 5.65 Å². The van der Waals surface area contributed by atoms with Gasteiger partial charge in [0.2, 0.25) is 0 Å². The van der Waals surface area contributed by atoms with Gasteiger partial charge in [0, 0.05) is 24.2 Å². The molecule has 0 amide bonds. The maximum absolute atomic E-state index is 11.6. The summed E-state index contributed by atoms with van der Waals surface area (Å²) in [6.07, 6.45) is 6.50. The number of hydrogen-bond acceptors (Lipinski definition) is 5. The van der Waals surface area contributed by atoms with Crippen molar-refractivity contribution in [3.05, 3.63) is 48.5 Å². The fourth-order valence-electron chi connectivity index (χ4n) is 1.89. The van der Waals surface area contributed by atoms with Gasteiger partial charge in [-0.05, 0) is 18.2 Å². The van der Waals surface area contributed by atoms with E-state index in [9.17, 15) is 4.79 Å². The van der Waals surface area contributed by atoms with Crippen molar-refractivity contribution >= 4 is 11.6 Å². The van der Waals surface area contributed by atoms with Crippen LogP contribution >= 0.6 is 0 Å². The molecule has 94 valence electrons.